The quantitative estimate of drug-likeness (QED) is 0.836. The van der Waals surface area contributed by atoms with Crippen molar-refractivity contribution in [1.82, 2.24) is 0 Å². The molecule has 2 rings (SSSR count). The van der Waals surface area contributed by atoms with E-state index < -0.39 is 0 Å². The Kier molecular flexibility index (Phi) is 4.29. The van der Waals surface area contributed by atoms with Crippen LogP contribution in [0.15, 0.2) is 42.5 Å². The minimum absolute atomic E-state index is 0.614. The molecule has 0 fully saturated rings. The Morgan fingerprint density at radius 3 is 2.42 bits per heavy atom. The standard InChI is InChI=1S/C16H19NO2/c1-12-3-8-15(16(11-12)18-2)19-10-9-13-4-6-14(17)7-5-13/h3-8,11H,9-10,17H2,1-2H3. The van der Waals surface area contributed by atoms with E-state index in [-0.39, 0.29) is 0 Å². The van der Waals surface area contributed by atoms with Gasteiger partial charge in [-0.3, -0.25) is 0 Å². The molecule has 100 valence electrons. The average molecular weight is 257 g/mol. The molecule has 0 heterocycles. The van der Waals surface area contributed by atoms with Crippen molar-refractivity contribution in [2.45, 2.75) is 13.3 Å². The summed E-state index contributed by atoms with van der Waals surface area (Å²) in [5.41, 5.74) is 8.80. The van der Waals surface area contributed by atoms with Crippen LogP contribution in [0.2, 0.25) is 0 Å². The van der Waals surface area contributed by atoms with Crippen LogP contribution in [0.25, 0.3) is 0 Å². The zero-order valence-electron chi connectivity index (χ0n) is 11.3. The molecule has 3 heteroatoms. The predicted molar refractivity (Wildman–Crippen MR) is 77.8 cm³/mol. The van der Waals surface area contributed by atoms with E-state index in [9.17, 15) is 0 Å². The summed E-state index contributed by atoms with van der Waals surface area (Å²) in [5, 5.41) is 0. The first-order valence-corrected chi connectivity index (χ1v) is 6.31. The van der Waals surface area contributed by atoms with E-state index in [0.717, 1.165) is 29.2 Å². The predicted octanol–water partition coefficient (Wildman–Crippen LogP) is 3.21. The second-order valence-electron chi connectivity index (χ2n) is 4.49. The van der Waals surface area contributed by atoms with Gasteiger partial charge in [-0.15, -0.1) is 0 Å². The average Bonchev–Trinajstić information content (AvgIpc) is 2.42. The van der Waals surface area contributed by atoms with Crippen molar-refractivity contribution in [2.24, 2.45) is 0 Å². The highest BCUT2D eigenvalue weighted by Gasteiger charge is 2.04. The molecule has 0 radical (unpaired) electrons. The molecule has 0 aromatic heterocycles. The van der Waals surface area contributed by atoms with E-state index in [1.165, 1.54) is 5.56 Å². The Labute approximate surface area is 114 Å². The first kappa shape index (κ1) is 13.3. The van der Waals surface area contributed by atoms with Crippen LogP contribution in [0.3, 0.4) is 0 Å². The second-order valence-corrected chi connectivity index (χ2v) is 4.49. The summed E-state index contributed by atoms with van der Waals surface area (Å²) >= 11 is 0. The fraction of sp³-hybridized carbons (Fsp3) is 0.250. The van der Waals surface area contributed by atoms with Crippen LogP contribution in [0.5, 0.6) is 11.5 Å². The lowest BCUT2D eigenvalue weighted by atomic mass is 10.1. The summed E-state index contributed by atoms with van der Waals surface area (Å²) in [4.78, 5) is 0. The van der Waals surface area contributed by atoms with Crippen LogP contribution in [0, 0.1) is 6.92 Å². The third-order valence-electron chi connectivity index (χ3n) is 2.95. The number of nitrogens with two attached hydrogens (primary N) is 1. The lowest BCUT2D eigenvalue weighted by molar-refractivity contribution is 0.297. The molecule has 0 amide bonds. The molecule has 0 bridgehead atoms. The third kappa shape index (κ3) is 3.65. The van der Waals surface area contributed by atoms with E-state index in [1.54, 1.807) is 7.11 Å². The van der Waals surface area contributed by atoms with Gasteiger partial charge in [0, 0.05) is 12.1 Å². The minimum Gasteiger partial charge on any atom is -0.493 e. The highest BCUT2D eigenvalue weighted by Crippen LogP contribution is 2.27. The zero-order chi connectivity index (χ0) is 13.7. The highest BCUT2D eigenvalue weighted by atomic mass is 16.5. The number of hydrogen-bond acceptors (Lipinski definition) is 3. The number of rotatable bonds is 5. The van der Waals surface area contributed by atoms with Crippen LogP contribution in [0.4, 0.5) is 5.69 Å². The summed E-state index contributed by atoms with van der Waals surface area (Å²) in [6, 6.07) is 13.8. The van der Waals surface area contributed by atoms with Gasteiger partial charge < -0.3 is 15.2 Å². The normalized spacial score (nSPS) is 10.2. The molecular weight excluding hydrogens is 238 g/mol. The van der Waals surface area contributed by atoms with E-state index in [2.05, 4.69) is 0 Å². The van der Waals surface area contributed by atoms with Crippen LogP contribution >= 0.6 is 0 Å². The Bertz CT molecular complexity index is 535. The van der Waals surface area contributed by atoms with E-state index >= 15 is 0 Å². The fourth-order valence-electron chi connectivity index (χ4n) is 1.86. The van der Waals surface area contributed by atoms with Gasteiger partial charge in [0.2, 0.25) is 0 Å². The molecule has 0 atom stereocenters. The van der Waals surface area contributed by atoms with Gasteiger partial charge in [-0.25, -0.2) is 0 Å². The maximum atomic E-state index is 5.76. The van der Waals surface area contributed by atoms with Crippen molar-refractivity contribution in [3.63, 3.8) is 0 Å². The molecule has 0 saturated heterocycles. The first-order chi connectivity index (χ1) is 9.19. The zero-order valence-corrected chi connectivity index (χ0v) is 11.3. The molecule has 3 nitrogen and oxygen atoms in total. The molecule has 0 aliphatic rings. The Morgan fingerprint density at radius 2 is 1.74 bits per heavy atom. The maximum Gasteiger partial charge on any atom is 0.161 e. The smallest absolute Gasteiger partial charge is 0.161 e. The van der Waals surface area contributed by atoms with Crippen LogP contribution in [-0.2, 0) is 6.42 Å². The van der Waals surface area contributed by atoms with Crippen LogP contribution < -0.4 is 15.2 Å². The molecule has 0 saturated carbocycles. The highest BCUT2D eigenvalue weighted by molar-refractivity contribution is 5.42. The van der Waals surface area contributed by atoms with Gasteiger partial charge in [0.25, 0.3) is 0 Å². The number of nitrogen functional groups attached to an aromatic ring is 1. The summed E-state index contributed by atoms with van der Waals surface area (Å²) in [7, 11) is 1.65. The molecule has 0 aliphatic heterocycles. The van der Waals surface area contributed by atoms with Crippen molar-refractivity contribution in [1.29, 1.82) is 0 Å². The Balaban J connectivity index is 1.94. The van der Waals surface area contributed by atoms with Gasteiger partial charge in [0.1, 0.15) is 0 Å². The summed E-state index contributed by atoms with van der Waals surface area (Å²) in [6.07, 6.45) is 0.845. The number of hydrogen-bond donors (Lipinski definition) is 1. The summed E-state index contributed by atoms with van der Waals surface area (Å²) in [6.45, 7) is 2.64. The topological polar surface area (TPSA) is 44.5 Å². The molecule has 2 aromatic rings. The lowest BCUT2D eigenvalue weighted by Crippen LogP contribution is -2.03. The molecule has 19 heavy (non-hydrogen) atoms. The fourth-order valence-corrected chi connectivity index (χ4v) is 1.86. The van der Waals surface area contributed by atoms with Crippen molar-refractivity contribution in [3.05, 3.63) is 53.6 Å². The number of aryl methyl sites for hydroxylation is 1. The minimum atomic E-state index is 0.614. The maximum absolute atomic E-state index is 5.76. The SMILES string of the molecule is COc1cc(C)ccc1OCCc1ccc(N)cc1. The van der Waals surface area contributed by atoms with Gasteiger partial charge >= 0.3 is 0 Å². The molecular formula is C16H19NO2. The van der Waals surface area contributed by atoms with Gasteiger partial charge in [-0.1, -0.05) is 18.2 Å². The molecule has 0 spiro atoms. The van der Waals surface area contributed by atoms with E-state index in [1.807, 2.05) is 49.4 Å². The lowest BCUT2D eigenvalue weighted by Gasteiger charge is -2.11. The van der Waals surface area contributed by atoms with Gasteiger partial charge in [0.15, 0.2) is 11.5 Å². The summed E-state index contributed by atoms with van der Waals surface area (Å²) < 4.78 is 11.1. The Hall–Kier alpha value is -2.16. The van der Waals surface area contributed by atoms with Gasteiger partial charge in [-0.05, 0) is 42.3 Å². The number of anilines is 1. The number of ether oxygens (including phenoxy) is 2. The van der Waals surface area contributed by atoms with Crippen molar-refractivity contribution >= 4 is 5.69 Å². The van der Waals surface area contributed by atoms with E-state index in [0.29, 0.717) is 6.61 Å². The summed E-state index contributed by atoms with van der Waals surface area (Å²) in [5.74, 6) is 1.56. The van der Waals surface area contributed by atoms with Gasteiger partial charge in [-0.2, -0.15) is 0 Å². The Morgan fingerprint density at radius 1 is 1.00 bits per heavy atom. The molecule has 2 N–H and O–H groups in total. The van der Waals surface area contributed by atoms with E-state index in [4.69, 9.17) is 15.2 Å². The molecule has 0 unspecified atom stereocenters. The number of benzene rings is 2. The largest absolute Gasteiger partial charge is 0.493 e. The van der Waals surface area contributed by atoms with Crippen molar-refractivity contribution < 1.29 is 9.47 Å². The van der Waals surface area contributed by atoms with Crippen LogP contribution in [-0.4, -0.2) is 13.7 Å². The molecule has 0 aliphatic carbocycles. The molecule has 2 aromatic carbocycles. The van der Waals surface area contributed by atoms with Gasteiger partial charge in [0.05, 0.1) is 13.7 Å². The third-order valence-corrected chi connectivity index (χ3v) is 2.95. The number of methoxy groups -OCH3 is 1. The van der Waals surface area contributed by atoms with Crippen molar-refractivity contribution in [3.8, 4) is 11.5 Å². The van der Waals surface area contributed by atoms with Crippen molar-refractivity contribution in [2.75, 3.05) is 19.5 Å². The van der Waals surface area contributed by atoms with Crippen LogP contribution in [0.1, 0.15) is 11.1 Å². The monoisotopic (exact) mass is 257 g/mol. The second kappa shape index (κ2) is 6.14. The first-order valence-electron chi connectivity index (χ1n) is 6.31.